The molecule has 32 heavy (non-hydrogen) atoms. The minimum atomic E-state index is -0.135. The van der Waals surface area contributed by atoms with Crippen molar-refractivity contribution in [2.24, 2.45) is 28.6 Å². The number of fused-ring (bicyclic) bond motifs is 5. The number of hydrogen-bond acceptors (Lipinski definition) is 5. The Morgan fingerprint density at radius 3 is 2.81 bits per heavy atom. The summed E-state index contributed by atoms with van der Waals surface area (Å²) in [7, 11) is 0. The molecule has 1 aromatic heterocycles. The largest absolute Gasteiger partial charge is 0.483 e. The molecule has 4 aliphatic rings. The first-order chi connectivity index (χ1) is 15.3. The van der Waals surface area contributed by atoms with Gasteiger partial charge in [-0.05, 0) is 80.0 Å². The lowest BCUT2D eigenvalue weighted by Gasteiger charge is -2.58. The third kappa shape index (κ3) is 3.63. The van der Waals surface area contributed by atoms with Crippen LogP contribution in [0.5, 0.6) is 5.06 Å². The van der Waals surface area contributed by atoms with Gasteiger partial charge in [0.1, 0.15) is 6.10 Å². The molecule has 176 valence electrons. The molecular weight excluding hydrogens is 418 g/mol. The van der Waals surface area contributed by atoms with E-state index in [0.717, 1.165) is 55.1 Å². The lowest BCUT2D eigenvalue weighted by atomic mass is 9.47. The smallest absolute Gasteiger partial charge is 0.302 e. The fourth-order valence-electron chi connectivity index (χ4n) is 8.07. The Bertz CT molecular complexity index is 893. The summed E-state index contributed by atoms with van der Waals surface area (Å²) in [6.07, 6.45) is 15.2. The van der Waals surface area contributed by atoms with Crippen molar-refractivity contribution >= 4 is 17.3 Å². The standard InChI is InChI=1S/C27H39NO3S/c1-5-14-30-24-16-28-25(32-24)23-9-8-21-20-7-6-18-15-19(31-17(2)29)10-12-26(18,3)22(20)11-13-27(21,23)4/h6,16,19-23H,5,7-15H2,1-4H3/t19?,20-,21-,22-,23?,26-,27-/m0/s1. The van der Waals surface area contributed by atoms with Crippen LogP contribution in [0.15, 0.2) is 17.8 Å². The molecule has 1 aromatic rings. The normalized spacial score (nSPS) is 40.6. The average Bonchev–Trinajstić information content (AvgIpc) is 3.35. The van der Waals surface area contributed by atoms with E-state index in [1.807, 2.05) is 6.20 Å². The quantitative estimate of drug-likeness (QED) is 0.356. The summed E-state index contributed by atoms with van der Waals surface area (Å²) in [5.41, 5.74) is 2.23. The predicted molar refractivity (Wildman–Crippen MR) is 128 cm³/mol. The van der Waals surface area contributed by atoms with Gasteiger partial charge in [0, 0.05) is 19.3 Å². The fourth-order valence-corrected chi connectivity index (χ4v) is 9.16. The van der Waals surface area contributed by atoms with E-state index < -0.39 is 0 Å². The van der Waals surface area contributed by atoms with E-state index in [1.165, 1.54) is 37.1 Å². The van der Waals surface area contributed by atoms with Crippen LogP contribution in [0.3, 0.4) is 0 Å². The molecule has 0 N–H and O–H groups in total. The Morgan fingerprint density at radius 2 is 2.03 bits per heavy atom. The summed E-state index contributed by atoms with van der Waals surface area (Å²) in [6.45, 7) is 9.56. The zero-order valence-corrected chi connectivity index (χ0v) is 21.0. The zero-order chi connectivity index (χ0) is 22.5. The second-order valence-corrected chi connectivity index (χ2v) is 12.3. The van der Waals surface area contributed by atoms with Crippen LogP contribution in [-0.2, 0) is 9.53 Å². The summed E-state index contributed by atoms with van der Waals surface area (Å²) < 4.78 is 11.5. The minimum absolute atomic E-state index is 0.0853. The third-order valence-corrected chi connectivity index (χ3v) is 10.7. The predicted octanol–water partition coefficient (Wildman–Crippen LogP) is 6.91. The number of allylic oxidation sites excluding steroid dienone is 1. The Morgan fingerprint density at radius 1 is 1.19 bits per heavy atom. The van der Waals surface area contributed by atoms with Gasteiger partial charge in [-0.3, -0.25) is 4.79 Å². The van der Waals surface area contributed by atoms with E-state index in [2.05, 4.69) is 26.8 Å². The number of esters is 1. The van der Waals surface area contributed by atoms with Crippen LogP contribution >= 0.6 is 11.3 Å². The molecule has 0 saturated heterocycles. The summed E-state index contributed by atoms with van der Waals surface area (Å²) in [4.78, 5) is 16.3. The fraction of sp³-hybridized carbons (Fsp3) is 0.778. The van der Waals surface area contributed by atoms with Crippen LogP contribution in [-0.4, -0.2) is 23.7 Å². The summed E-state index contributed by atoms with van der Waals surface area (Å²) in [6, 6.07) is 0. The van der Waals surface area contributed by atoms with E-state index in [-0.39, 0.29) is 12.1 Å². The van der Waals surface area contributed by atoms with Gasteiger partial charge in [-0.25, -0.2) is 4.98 Å². The first kappa shape index (κ1) is 22.4. The lowest BCUT2D eigenvalue weighted by molar-refractivity contribution is -0.148. The molecule has 5 rings (SSSR count). The van der Waals surface area contributed by atoms with Crippen molar-refractivity contribution in [3.05, 3.63) is 22.9 Å². The van der Waals surface area contributed by atoms with Gasteiger partial charge in [0.15, 0.2) is 5.06 Å². The van der Waals surface area contributed by atoms with E-state index in [1.54, 1.807) is 23.8 Å². The van der Waals surface area contributed by atoms with Crippen molar-refractivity contribution in [3.8, 4) is 5.06 Å². The number of hydrogen-bond donors (Lipinski definition) is 0. The van der Waals surface area contributed by atoms with Crippen LogP contribution in [0.25, 0.3) is 0 Å². The van der Waals surface area contributed by atoms with Gasteiger partial charge in [0.2, 0.25) is 0 Å². The van der Waals surface area contributed by atoms with Gasteiger partial charge in [-0.15, -0.1) is 0 Å². The highest BCUT2D eigenvalue weighted by atomic mass is 32.1. The van der Waals surface area contributed by atoms with E-state index in [9.17, 15) is 4.79 Å². The molecule has 5 heteroatoms. The SMILES string of the molecule is CCCOc1cnc(C2CC[C@H]3[C@@H]4CC=C5CC(OC(C)=O)CC[C@]5(C)[C@H]4CC[C@]23C)s1. The second kappa shape index (κ2) is 8.45. The first-order valence-electron chi connectivity index (χ1n) is 12.8. The average molecular weight is 458 g/mol. The zero-order valence-electron chi connectivity index (χ0n) is 20.2. The Hall–Kier alpha value is -1.36. The maximum absolute atomic E-state index is 11.5. The number of thiazole rings is 1. The molecule has 0 aliphatic heterocycles. The maximum atomic E-state index is 11.5. The molecule has 0 radical (unpaired) electrons. The Labute approximate surface area is 197 Å². The lowest BCUT2D eigenvalue weighted by Crippen LogP contribution is -2.50. The summed E-state index contributed by atoms with van der Waals surface area (Å²) in [5.74, 6) is 2.79. The van der Waals surface area contributed by atoms with Crippen molar-refractivity contribution in [2.75, 3.05) is 6.61 Å². The van der Waals surface area contributed by atoms with Gasteiger partial charge in [0.05, 0.1) is 17.8 Å². The van der Waals surface area contributed by atoms with E-state index in [0.29, 0.717) is 16.7 Å². The van der Waals surface area contributed by atoms with Crippen molar-refractivity contribution in [1.29, 1.82) is 0 Å². The molecular formula is C27H39NO3S. The highest BCUT2D eigenvalue weighted by Gasteiger charge is 2.59. The van der Waals surface area contributed by atoms with Gasteiger partial charge in [0.25, 0.3) is 0 Å². The molecule has 3 saturated carbocycles. The van der Waals surface area contributed by atoms with Crippen LogP contribution in [0.4, 0.5) is 0 Å². The second-order valence-electron chi connectivity index (χ2n) is 11.3. The molecule has 0 amide bonds. The molecule has 4 aliphatic carbocycles. The minimum Gasteiger partial charge on any atom is -0.483 e. The van der Waals surface area contributed by atoms with Crippen LogP contribution in [0.2, 0.25) is 0 Å². The highest BCUT2D eigenvalue weighted by Crippen LogP contribution is 2.68. The number of aromatic nitrogens is 1. The molecule has 2 unspecified atom stereocenters. The number of carbonyl (C=O) groups excluding carboxylic acids is 1. The van der Waals surface area contributed by atoms with Crippen LogP contribution in [0.1, 0.15) is 96.4 Å². The number of nitrogens with zero attached hydrogens (tertiary/aromatic N) is 1. The van der Waals surface area contributed by atoms with Crippen LogP contribution in [0, 0.1) is 28.6 Å². The van der Waals surface area contributed by atoms with Crippen molar-refractivity contribution in [1.82, 2.24) is 4.98 Å². The maximum Gasteiger partial charge on any atom is 0.302 e. The van der Waals surface area contributed by atoms with Crippen molar-refractivity contribution < 1.29 is 14.3 Å². The highest BCUT2D eigenvalue weighted by molar-refractivity contribution is 7.13. The molecule has 0 aromatic carbocycles. The number of carbonyl (C=O) groups is 1. The monoisotopic (exact) mass is 457 g/mol. The molecule has 0 bridgehead atoms. The van der Waals surface area contributed by atoms with E-state index >= 15 is 0 Å². The van der Waals surface area contributed by atoms with Gasteiger partial charge in [-0.1, -0.05) is 43.8 Å². The summed E-state index contributed by atoms with van der Waals surface area (Å²) in [5, 5.41) is 2.30. The van der Waals surface area contributed by atoms with Crippen molar-refractivity contribution in [2.45, 2.75) is 97.5 Å². The van der Waals surface area contributed by atoms with Crippen molar-refractivity contribution in [3.63, 3.8) is 0 Å². The van der Waals surface area contributed by atoms with Crippen LogP contribution < -0.4 is 4.74 Å². The summed E-state index contributed by atoms with van der Waals surface area (Å²) >= 11 is 1.79. The van der Waals surface area contributed by atoms with E-state index in [4.69, 9.17) is 14.5 Å². The Balaban J connectivity index is 1.35. The molecule has 1 heterocycles. The molecule has 7 atom stereocenters. The first-order valence-corrected chi connectivity index (χ1v) is 13.6. The number of rotatable bonds is 5. The molecule has 4 nitrogen and oxygen atoms in total. The third-order valence-electron chi connectivity index (χ3n) is 9.64. The molecule has 3 fully saturated rings. The van der Waals surface area contributed by atoms with Gasteiger partial charge >= 0.3 is 5.97 Å². The molecule has 0 spiro atoms. The number of ether oxygens (including phenoxy) is 2. The Kier molecular flexibility index (Phi) is 5.92. The van der Waals surface area contributed by atoms with Gasteiger partial charge in [-0.2, -0.15) is 0 Å². The van der Waals surface area contributed by atoms with Gasteiger partial charge < -0.3 is 9.47 Å². The topological polar surface area (TPSA) is 48.4 Å².